The van der Waals surface area contributed by atoms with Crippen molar-refractivity contribution in [3.8, 4) is 11.6 Å². The summed E-state index contributed by atoms with van der Waals surface area (Å²) in [4.78, 5) is 16.6. The number of rotatable bonds is 7. The molecule has 0 aliphatic heterocycles. The molecule has 6 heteroatoms. The molecule has 1 aliphatic carbocycles. The molecule has 24 heavy (non-hydrogen) atoms. The SMILES string of the molecule is COc1ccc(CNC(=O)c2c(Cl)cccc2OCC2CC2)cn1. The zero-order valence-electron chi connectivity index (χ0n) is 13.4. The quantitative estimate of drug-likeness (QED) is 0.834. The Balaban J connectivity index is 1.66. The maximum absolute atomic E-state index is 12.5. The molecule has 1 aromatic carbocycles. The molecule has 0 radical (unpaired) electrons. The van der Waals surface area contributed by atoms with Crippen LogP contribution in [0.4, 0.5) is 0 Å². The van der Waals surface area contributed by atoms with E-state index in [9.17, 15) is 4.79 Å². The number of carbonyl (C=O) groups excluding carboxylic acids is 1. The Morgan fingerprint density at radius 2 is 2.17 bits per heavy atom. The van der Waals surface area contributed by atoms with Crippen LogP contribution >= 0.6 is 11.6 Å². The number of nitrogens with zero attached hydrogens (tertiary/aromatic N) is 1. The number of amides is 1. The van der Waals surface area contributed by atoms with Crippen LogP contribution in [0.5, 0.6) is 11.6 Å². The number of hydrogen-bond acceptors (Lipinski definition) is 4. The van der Waals surface area contributed by atoms with E-state index < -0.39 is 0 Å². The molecular formula is C18H19ClN2O3. The molecule has 0 bridgehead atoms. The van der Waals surface area contributed by atoms with Crippen LogP contribution in [0.3, 0.4) is 0 Å². The molecule has 1 amide bonds. The molecule has 0 saturated heterocycles. The lowest BCUT2D eigenvalue weighted by molar-refractivity contribution is 0.0946. The first kappa shape index (κ1) is 16.6. The van der Waals surface area contributed by atoms with Gasteiger partial charge in [0, 0.05) is 18.8 Å². The summed E-state index contributed by atoms with van der Waals surface area (Å²) >= 11 is 6.21. The number of methoxy groups -OCH3 is 1. The van der Waals surface area contributed by atoms with Crippen LogP contribution < -0.4 is 14.8 Å². The second-order valence-electron chi connectivity index (χ2n) is 5.76. The van der Waals surface area contributed by atoms with E-state index in [1.165, 1.54) is 12.8 Å². The average Bonchev–Trinajstić information content (AvgIpc) is 3.42. The molecule has 1 N–H and O–H groups in total. The summed E-state index contributed by atoms with van der Waals surface area (Å²) in [5.41, 5.74) is 1.25. The van der Waals surface area contributed by atoms with Gasteiger partial charge in [-0.1, -0.05) is 23.7 Å². The van der Waals surface area contributed by atoms with E-state index in [1.54, 1.807) is 37.6 Å². The van der Waals surface area contributed by atoms with Gasteiger partial charge in [-0.15, -0.1) is 0 Å². The van der Waals surface area contributed by atoms with Crippen molar-refractivity contribution in [3.63, 3.8) is 0 Å². The molecule has 2 aromatic rings. The third kappa shape index (κ3) is 4.17. The Hall–Kier alpha value is -2.27. The molecule has 1 saturated carbocycles. The van der Waals surface area contributed by atoms with Crippen molar-refractivity contribution in [3.05, 3.63) is 52.7 Å². The van der Waals surface area contributed by atoms with E-state index in [-0.39, 0.29) is 5.91 Å². The Labute approximate surface area is 145 Å². The number of hydrogen-bond donors (Lipinski definition) is 1. The summed E-state index contributed by atoms with van der Waals surface area (Å²) in [6.45, 7) is 0.978. The molecule has 0 atom stereocenters. The maximum Gasteiger partial charge on any atom is 0.256 e. The lowest BCUT2D eigenvalue weighted by Crippen LogP contribution is -2.24. The lowest BCUT2D eigenvalue weighted by Gasteiger charge is -2.13. The van der Waals surface area contributed by atoms with Crippen molar-refractivity contribution in [2.75, 3.05) is 13.7 Å². The summed E-state index contributed by atoms with van der Waals surface area (Å²) in [7, 11) is 1.56. The molecule has 1 heterocycles. The largest absolute Gasteiger partial charge is 0.492 e. The van der Waals surface area contributed by atoms with Gasteiger partial charge in [-0.2, -0.15) is 0 Å². The highest BCUT2D eigenvalue weighted by Crippen LogP contribution is 2.32. The first-order valence-electron chi connectivity index (χ1n) is 7.86. The van der Waals surface area contributed by atoms with Crippen LogP contribution in [0.15, 0.2) is 36.5 Å². The molecule has 5 nitrogen and oxygen atoms in total. The van der Waals surface area contributed by atoms with Crippen LogP contribution in [-0.4, -0.2) is 24.6 Å². The smallest absolute Gasteiger partial charge is 0.256 e. The van der Waals surface area contributed by atoms with E-state index >= 15 is 0 Å². The van der Waals surface area contributed by atoms with Gasteiger partial charge < -0.3 is 14.8 Å². The van der Waals surface area contributed by atoms with E-state index in [2.05, 4.69) is 10.3 Å². The third-order valence-electron chi connectivity index (χ3n) is 3.83. The predicted molar refractivity (Wildman–Crippen MR) is 91.6 cm³/mol. The van der Waals surface area contributed by atoms with Gasteiger partial charge in [0.25, 0.3) is 5.91 Å². The number of ether oxygens (including phenoxy) is 2. The zero-order valence-corrected chi connectivity index (χ0v) is 14.2. The van der Waals surface area contributed by atoms with Gasteiger partial charge in [0.2, 0.25) is 5.88 Å². The summed E-state index contributed by atoms with van der Waals surface area (Å²) in [5.74, 6) is 1.40. The third-order valence-corrected chi connectivity index (χ3v) is 4.15. The predicted octanol–water partition coefficient (Wildman–Crippen LogP) is 3.46. The molecular weight excluding hydrogens is 328 g/mol. The number of nitrogens with one attached hydrogen (secondary N) is 1. The fourth-order valence-electron chi connectivity index (χ4n) is 2.24. The van der Waals surface area contributed by atoms with Gasteiger partial charge in [0.15, 0.2) is 0 Å². The Bertz CT molecular complexity index is 715. The van der Waals surface area contributed by atoms with Crippen molar-refractivity contribution in [1.82, 2.24) is 10.3 Å². The number of halogens is 1. The Kier molecular flexibility index (Phi) is 5.20. The second kappa shape index (κ2) is 7.53. The average molecular weight is 347 g/mol. The standard InChI is InChI=1S/C18H19ClN2O3/c1-23-16-8-7-13(9-20-16)10-21-18(22)17-14(19)3-2-4-15(17)24-11-12-5-6-12/h2-4,7-9,12H,5-6,10-11H2,1H3,(H,21,22). The van der Waals surface area contributed by atoms with Crippen molar-refractivity contribution in [2.24, 2.45) is 5.92 Å². The summed E-state index contributed by atoms with van der Waals surface area (Å²) in [5, 5.41) is 3.24. The molecule has 3 rings (SSSR count). The van der Waals surface area contributed by atoms with E-state index in [4.69, 9.17) is 21.1 Å². The van der Waals surface area contributed by atoms with Crippen molar-refractivity contribution in [2.45, 2.75) is 19.4 Å². The number of pyridine rings is 1. The monoisotopic (exact) mass is 346 g/mol. The van der Waals surface area contributed by atoms with Gasteiger partial charge >= 0.3 is 0 Å². The molecule has 126 valence electrons. The molecule has 1 fully saturated rings. The van der Waals surface area contributed by atoms with Crippen molar-refractivity contribution >= 4 is 17.5 Å². The van der Waals surface area contributed by atoms with Gasteiger partial charge in [-0.05, 0) is 36.5 Å². The zero-order chi connectivity index (χ0) is 16.9. The van der Waals surface area contributed by atoms with Gasteiger partial charge in [-0.3, -0.25) is 4.79 Å². The summed E-state index contributed by atoms with van der Waals surface area (Å²) < 4.78 is 10.8. The first-order valence-corrected chi connectivity index (χ1v) is 8.23. The Morgan fingerprint density at radius 1 is 1.33 bits per heavy atom. The minimum atomic E-state index is -0.262. The minimum absolute atomic E-state index is 0.262. The van der Waals surface area contributed by atoms with Crippen LogP contribution in [0.25, 0.3) is 0 Å². The van der Waals surface area contributed by atoms with Crippen LogP contribution in [0.2, 0.25) is 5.02 Å². The fraction of sp³-hybridized carbons (Fsp3) is 0.333. The normalized spacial score (nSPS) is 13.4. The maximum atomic E-state index is 12.5. The number of carbonyl (C=O) groups is 1. The highest BCUT2D eigenvalue weighted by Gasteiger charge is 2.24. The van der Waals surface area contributed by atoms with Crippen LogP contribution in [0.1, 0.15) is 28.8 Å². The highest BCUT2D eigenvalue weighted by atomic mass is 35.5. The van der Waals surface area contributed by atoms with Crippen molar-refractivity contribution in [1.29, 1.82) is 0 Å². The highest BCUT2D eigenvalue weighted by molar-refractivity contribution is 6.34. The lowest BCUT2D eigenvalue weighted by atomic mass is 10.1. The van der Waals surface area contributed by atoms with E-state index in [0.717, 1.165) is 5.56 Å². The minimum Gasteiger partial charge on any atom is -0.492 e. The van der Waals surface area contributed by atoms with Crippen LogP contribution in [-0.2, 0) is 6.54 Å². The van der Waals surface area contributed by atoms with E-state index in [1.807, 2.05) is 6.07 Å². The topological polar surface area (TPSA) is 60.5 Å². The van der Waals surface area contributed by atoms with Crippen LogP contribution in [0, 0.1) is 5.92 Å². The van der Waals surface area contributed by atoms with Gasteiger partial charge in [0.1, 0.15) is 5.75 Å². The number of aromatic nitrogens is 1. The van der Waals surface area contributed by atoms with E-state index in [0.29, 0.717) is 41.3 Å². The van der Waals surface area contributed by atoms with Crippen molar-refractivity contribution < 1.29 is 14.3 Å². The molecule has 1 aromatic heterocycles. The van der Waals surface area contributed by atoms with Gasteiger partial charge in [-0.25, -0.2) is 4.98 Å². The summed E-state index contributed by atoms with van der Waals surface area (Å²) in [6.07, 6.45) is 4.04. The Morgan fingerprint density at radius 3 is 2.83 bits per heavy atom. The summed E-state index contributed by atoms with van der Waals surface area (Å²) in [6, 6.07) is 8.85. The van der Waals surface area contributed by atoms with Gasteiger partial charge in [0.05, 0.1) is 24.3 Å². The molecule has 0 unspecified atom stereocenters. The first-order chi connectivity index (χ1) is 11.7. The number of benzene rings is 1. The molecule has 1 aliphatic rings. The second-order valence-corrected chi connectivity index (χ2v) is 6.17. The fourth-order valence-corrected chi connectivity index (χ4v) is 2.50. The molecule has 0 spiro atoms.